The molecule has 0 amide bonds. The van der Waals surface area contributed by atoms with Gasteiger partial charge in [0.1, 0.15) is 0 Å². The van der Waals surface area contributed by atoms with Gasteiger partial charge in [-0.3, -0.25) is 0 Å². The molecule has 0 aliphatic carbocycles. The highest BCUT2D eigenvalue weighted by Gasteiger charge is 2.45. The molecule has 0 bridgehead atoms. The fourth-order valence-corrected chi connectivity index (χ4v) is 4.13. The molecule has 168 valence electrons. The highest BCUT2D eigenvalue weighted by molar-refractivity contribution is 5.85. The first-order valence-electron chi connectivity index (χ1n) is 10.1. The van der Waals surface area contributed by atoms with Crippen molar-refractivity contribution in [3.05, 3.63) is 57.6 Å². The lowest BCUT2D eigenvalue weighted by molar-refractivity contribution is -0.166. The van der Waals surface area contributed by atoms with Crippen LogP contribution >= 0.6 is 0 Å². The first kappa shape index (κ1) is 23.3. The first-order valence-corrected chi connectivity index (χ1v) is 10.1. The number of alkyl halides is 3. The molecule has 31 heavy (non-hydrogen) atoms. The number of benzene rings is 2. The molecular weight excluding hydrogens is 407 g/mol. The van der Waals surface area contributed by atoms with Crippen molar-refractivity contribution in [2.45, 2.75) is 65.6 Å². The fourth-order valence-electron chi connectivity index (χ4n) is 4.13. The smallest absolute Gasteiger partial charge is 0.417 e. The van der Waals surface area contributed by atoms with Crippen LogP contribution in [0.5, 0.6) is 0 Å². The Hall–Kier alpha value is -2.38. The van der Waals surface area contributed by atoms with Crippen LogP contribution in [-0.4, -0.2) is 18.7 Å². The van der Waals surface area contributed by atoms with Crippen molar-refractivity contribution in [2.75, 3.05) is 7.11 Å². The normalized spacial score (nSPS) is 15.0. The van der Waals surface area contributed by atoms with E-state index in [4.69, 9.17) is 9.47 Å². The Bertz CT molecular complexity index is 989. The molecule has 4 nitrogen and oxygen atoms in total. The van der Waals surface area contributed by atoms with Crippen LogP contribution in [0.3, 0.4) is 0 Å². The molecule has 2 aromatic rings. The largest absolute Gasteiger partial charge is 0.467 e. The maximum absolute atomic E-state index is 14.5. The van der Waals surface area contributed by atoms with Crippen LogP contribution in [0.25, 0.3) is 11.1 Å². The molecule has 1 heterocycles. The molecule has 7 heteroatoms. The number of fused-ring (bicyclic) bond motifs is 1. The lowest BCUT2D eigenvalue weighted by Gasteiger charge is -2.31. The summed E-state index contributed by atoms with van der Waals surface area (Å²) in [6.45, 7) is 9.22. The van der Waals surface area contributed by atoms with E-state index in [0.717, 1.165) is 12.7 Å². The number of carbonyl (C=O) groups excluding carboxylic acids is 1. The van der Waals surface area contributed by atoms with Crippen molar-refractivity contribution in [2.24, 2.45) is 0 Å². The molecule has 1 aliphatic rings. The van der Waals surface area contributed by atoms with Gasteiger partial charge in [-0.2, -0.15) is 13.2 Å². The number of aryl methyl sites for hydroxylation is 1. The van der Waals surface area contributed by atoms with Crippen LogP contribution in [0.1, 0.15) is 60.3 Å². The van der Waals surface area contributed by atoms with Crippen LogP contribution in [-0.2, 0) is 33.5 Å². The molecule has 0 fully saturated rings. The average Bonchev–Trinajstić information content (AvgIpc) is 3.14. The summed E-state index contributed by atoms with van der Waals surface area (Å²) in [7, 11) is 1.15. The van der Waals surface area contributed by atoms with Gasteiger partial charge in [0.25, 0.3) is 0 Å². The molecule has 0 unspecified atom stereocenters. The topological polar surface area (TPSA) is 47.6 Å². The summed E-state index contributed by atoms with van der Waals surface area (Å²) in [4.78, 5) is 12.8. The van der Waals surface area contributed by atoms with E-state index in [9.17, 15) is 18.0 Å². The van der Waals surface area contributed by atoms with E-state index in [-0.39, 0.29) is 17.7 Å². The van der Waals surface area contributed by atoms with E-state index in [2.05, 4.69) is 5.32 Å². The second-order valence-electron chi connectivity index (χ2n) is 8.85. The molecule has 0 saturated carbocycles. The third-order valence-corrected chi connectivity index (χ3v) is 5.41. The van der Waals surface area contributed by atoms with Crippen molar-refractivity contribution >= 4 is 5.97 Å². The SMILES string of the molecule is COC(=O)[C@@H](OC(C)(C)C)c1c(-c2ccc(C)cc2)c(C)c2c(c1C(F)(F)F)CNC2. The summed E-state index contributed by atoms with van der Waals surface area (Å²) in [5.41, 5.74) is 1.58. The van der Waals surface area contributed by atoms with Crippen LogP contribution in [0.15, 0.2) is 24.3 Å². The van der Waals surface area contributed by atoms with Crippen LogP contribution in [0.4, 0.5) is 13.2 Å². The lowest BCUT2D eigenvalue weighted by Crippen LogP contribution is -2.31. The monoisotopic (exact) mass is 435 g/mol. The Morgan fingerprint density at radius 1 is 1.03 bits per heavy atom. The zero-order valence-electron chi connectivity index (χ0n) is 18.7. The van der Waals surface area contributed by atoms with Crippen molar-refractivity contribution in [1.29, 1.82) is 0 Å². The number of nitrogens with one attached hydrogen (secondary N) is 1. The Balaban J connectivity index is 2.47. The number of methoxy groups -OCH3 is 1. The minimum Gasteiger partial charge on any atom is -0.467 e. The highest BCUT2D eigenvalue weighted by atomic mass is 19.4. The van der Waals surface area contributed by atoms with E-state index < -0.39 is 29.4 Å². The molecule has 1 N–H and O–H groups in total. The van der Waals surface area contributed by atoms with E-state index in [0.29, 0.717) is 28.8 Å². The van der Waals surface area contributed by atoms with Crippen molar-refractivity contribution in [3.8, 4) is 11.1 Å². The van der Waals surface area contributed by atoms with Gasteiger partial charge in [-0.25, -0.2) is 4.79 Å². The maximum atomic E-state index is 14.5. The van der Waals surface area contributed by atoms with Gasteiger partial charge in [0.05, 0.1) is 18.3 Å². The quantitative estimate of drug-likeness (QED) is 0.633. The number of hydrogen-bond donors (Lipinski definition) is 1. The van der Waals surface area contributed by atoms with Gasteiger partial charge in [0.15, 0.2) is 6.10 Å². The van der Waals surface area contributed by atoms with E-state index in [1.807, 2.05) is 19.1 Å². The molecule has 0 saturated heterocycles. The second-order valence-corrected chi connectivity index (χ2v) is 8.85. The van der Waals surface area contributed by atoms with Gasteiger partial charge >= 0.3 is 12.1 Å². The zero-order valence-corrected chi connectivity index (χ0v) is 18.7. The minimum atomic E-state index is -4.67. The molecule has 0 radical (unpaired) electrons. The van der Waals surface area contributed by atoms with Gasteiger partial charge in [-0.05, 0) is 62.4 Å². The number of rotatable bonds is 4. The summed E-state index contributed by atoms with van der Waals surface area (Å²) in [6.07, 6.45) is -6.20. The number of hydrogen-bond acceptors (Lipinski definition) is 4. The molecular formula is C24H28F3NO3. The van der Waals surface area contributed by atoms with Crippen LogP contribution in [0.2, 0.25) is 0 Å². The molecule has 1 atom stereocenters. The summed E-state index contributed by atoms with van der Waals surface area (Å²) in [5, 5.41) is 3.03. The number of carbonyl (C=O) groups is 1. The highest BCUT2D eigenvalue weighted by Crippen LogP contribution is 2.48. The van der Waals surface area contributed by atoms with Gasteiger partial charge in [-0.15, -0.1) is 0 Å². The van der Waals surface area contributed by atoms with Gasteiger partial charge in [-0.1, -0.05) is 29.8 Å². The molecule has 0 aromatic heterocycles. The number of halogens is 3. The van der Waals surface area contributed by atoms with E-state index >= 15 is 0 Å². The Morgan fingerprint density at radius 2 is 1.61 bits per heavy atom. The minimum absolute atomic E-state index is 0.0790. The van der Waals surface area contributed by atoms with E-state index in [1.165, 1.54) is 0 Å². The Kier molecular flexibility index (Phi) is 6.22. The van der Waals surface area contributed by atoms with Crippen molar-refractivity contribution in [1.82, 2.24) is 5.32 Å². The van der Waals surface area contributed by atoms with Crippen molar-refractivity contribution < 1.29 is 27.4 Å². The third-order valence-electron chi connectivity index (χ3n) is 5.41. The molecule has 0 spiro atoms. The Morgan fingerprint density at radius 3 is 2.13 bits per heavy atom. The van der Waals surface area contributed by atoms with Crippen molar-refractivity contribution in [3.63, 3.8) is 0 Å². The molecule has 3 rings (SSSR count). The number of esters is 1. The van der Waals surface area contributed by atoms with Gasteiger partial charge < -0.3 is 14.8 Å². The average molecular weight is 435 g/mol. The fraction of sp³-hybridized carbons (Fsp3) is 0.458. The second kappa shape index (κ2) is 8.28. The third kappa shape index (κ3) is 4.62. The molecule has 2 aromatic carbocycles. The first-order chi connectivity index (χ1) is 14.3. The van der Waals surface area contributed by atoms with E-state index in [1.54, 1.807) is 39.8 Å². The summed E-state index contributed by atoms with van der Waals surface area (Å²) < 4.78 is 54.4. The number of ether oxygens (including phenoxy) is 2. The van der Waals surface area contributed by atoms with Crippen LogP contribution in [0, 0.1) is 13.8 Å². The van der Waals surface area contributed by atoms with Gasteiger partial charge in [0.2, 0.25) is 0 Å². The summed E-state index contributed by atoms with van der Waals surface area (Å²) >= 11 is 0. The van der Waals surface area contributed by atoms with Gasteiger partial charge in [0, 0.05) is 18.7 Å². The lowest BCUT2D eigenvalue weighted by atomic mass is 9.82. The summed E-state index contributed by atoms with van der Waals surface area (Å²) in [5.74, 6) is -0.862. The van der Waals surface area contributed by atoms with Crippen LogP contribution < -0.4 is 5.32 Å². The summed E-state index contributed by atoms with van der Waals surface area (Å²) in [6, 6.07) is 7.24. The molecule has 1 aliphatic heterocycles. The maximum Gasteiger partial charge on any atom is 0.417 e. The Labute approximate surface area is 180 Å². The zero-order chi connectivity index (χ0) is 23.1. The standard InChI is InChI=1S/C24H28F3NO3/c1-13-7-9-15(10-8-13)18-14(2)16-11-28-12-17(16)20(24(25,26)27)19(18)21(22(29)30-6)31-23(3,4)5/h7-10,21,28H,11-12H2,1-6H3/t21-/m0/s1. The predicted octanol–water partition coefficient (Wildman–Crippen LogP) is 5.62. The predicted molar refractivity (Wildman–Crippen MR) is 112 cm³/mol.